The molecule has 70 valence electrons. The Morgan fingerprint density at radius 1 is 1.14 bits per heavy atom. The van der Waals surface area contributed by atoms with E-state index < -0.39 is 0 Å². The number of nitrogens with one attached hydrogen (secondary N) is 1. The molecule has 0 atom stereocenters. The van der Waals surface area contributed by atoms with Crippen molar-refractivity contribution < 1.29 is 0 Å². The van der Waals surface area contributed by atoms with Gasteiger partial charge in [0.1, 0.15) is 0 Å². The summed E-state index contributed by atoms with van der Waals surface area (Å²) in [5.74, 6) is 5.24. The van der Waals surface area contributed by atoms with E-state index in [1.165, 1.54) is 5.56 Å². The number of rotatable bonds is 3. The molecule has 2 nitrogen and oxygen atoms in total. The molecule has 0 saturated carbocycles. The fourth-order valence-electron chi connectivity index (χ4n) is 1.44. The van der Waals surface area contributed by atoms with Gasteiger partial charge >= 0.3 is 0 Å². The Hall–Kier alpha value is -1.60. The molecule has 0 saturated heterocycles. The molecule has 0 fully saturated rings. The van der Waals surface area contributed by atoms with Gasteiger partial charge in [-0.25, -0.2) is 0 Å². The van der Waals surface area contributed by atoms with Gasteiger partial charge in [0.05, 0.1) is 0 Å². The first-order valence-electron chi connectivity index (χ1n) is 4.57. The third kappa shape index (κ3) is 1.83. The van der Waals surface area contributed by atoms with E-state index in [1.807, 2.05) is 24.3 Å². The van der Waals surface area contributed by atoms with Crippen molar-refractivity contribution in [1.82, 2.24) is 5.43 Å². The second-order valence-corrected chi connectivity index (χ2v) is 3.14. The zero-order chi connectivity index (χ0) is 9.80. The highest BCUT2D eigenvalue weighted by atomic mass is 15.2. The van der Waals surface area contributed by atoms with Crippen molar-refractivity contribution in [2.24, 2.45) is 5.84 Å². The van der Waals surface area contributed by atoms with Gasteiger partial charge in [-0.1, -0.05) is 30.3 Å². The van der Waals surface area contributed by atoms with Crippen molar-refractivity contribution in [2.75, 3.05) is 6.54 Å². The van der Waals surface area contributed by atoms with Crippen LogP contribution in [0.3, 0.4) is 0 Å². The van der Waals surface area contributed by atoms with Crippen LogP contribution in [0.4, 0.5) is 0 Å². The summed E-state index contributed by atoms with van der Waals surface area (Å²) in [6.07, 6.45) is 4.09. The lowest BCUT2D eigenvalue weighted by Gasteiger charge is -1.95. The van der Waals surface area contributed by atoms with Crippen molar-refractivity contribution in [1.29, 1.82) is 0 Å². The molecular formula is C12H12N2. The lowest BCUT2D eigenvalue weighted by atomic mass is 10.1. The Bertz CT molecular complexity index is 409. The monoisotopic (exact) mass is 184 g/mol. The minimum Gasteiger partial charge on any atom is -0.271 e. The molecule has 0 radical (unpaired) electrons. The summed E-state index contributed by atoms with van der Waals surface area (Å²) in [5.41, 5.74) is 9.31. The first-order chi connectivity index (χ1) is 6.90. The molecule has 1 aromatic carbocycles. The van der Waals surface area contributed by atoms with E-state index in [4.69, 9.17) is 5.84 Å². The first-order valence-corrected chi connectivity index (χ1v) is 4.57. The number of nitrogens with two attached hydrogens (primary N) is 1. The van der Waals surface area contributed by atoms with Gasteiger partial charge in [-0.2, -0.15) is 0 Å². The maximum absolute atomic E-state index is 5.24. The van der Waals surface area contributed by atoms with Gasteiger partial charge in [-0.05, 0) is 17.7 Å². The van der Waals surface area contributed by atoms with Gasteiger partial charge < -0.3 is 0 Å². The van der Waals surface area contributed by atoms with Crippen LogP contribution in [0.1, 0.15) is 5.56 Å². The summed E-state index contributed by atoms with van der Waals surface area (Å²) in [6.45, 7) is 0.660. The van der Waals surface area contributed by atoms with Crippen LogP contribution in [0, 0.1) is 0 Å². The van der Waals surface area contributed by atoms with Gasteiger partial charge in [0.2, 0.25) is 0 Å². The average molecular weight is 184 g/mol. The normalized spacial score (nSPS) is 14.1. The van der Waals surface area contributed by atoms with E-state index in [0.717, 1.165) is 11.1 Å². The highest BCUT2D eigenvalue weighted by Gasteiger charge is 2.02. The van der Waals surface area contributed by atoms with Crippen molar-refractivity contribution in [3.8, 4) is 0 Å². The van der Waals surface area contributed by atoms with Gasteiger partial charge in [0.15, 0.2) is 0 Å². The topological polar surface area (TPSA) is 38.0 Å². The van der Waals surface area contributed by atoms with Gasteiger partial charge in [0.25, 0.3) is 0 Å². The number of hydrogen-bond acceptors (Lipinski definition) is 2. The Labute approximate surface area is 83.4 Å². The largest absolute Gasteiger partial charge is 0.271 e. The maximum atomic E-state index is 5.24. The summed E-state index contributed by atoms with van der Waals surface area (Å²) in [4.78, 5) is 0. The second-order valence-electron chi connectivity index (χ2n) is 3.14. The van der Waals surface area contributed by atoms with E-state index in [0.29, 0.717) is 6.54 Å². The third-order valence-electron chi connectivity index (χ3n) is 2.12. The maximum Gasteiger partial charge on any atom is 0.0422 e. The molecule has 0 bridgehead atoms. The quantitative estimate of drug-likeness (QED) is 0.425. The van der Waals surface area contributed by atoms with E-state index in [2.05, 4.69) is 29.4 Å². The molecular weight excluding hydrogens is 172 g/mol. The molecule has 14 heavy (non-hydrogen) atoms. The SMILES string of the molecule is NNCC1=C=C(c2ccccc2)C=C1. The molecule has 0 heterocycles. The fourth-order valence-corrected chi connectivity index (χ4v) is 1.44. The molecule has 0 aromatic heterocycles. The van der Waals surface area contributed by atoms with Crippen LogP contribution in [0.5, 0.6) is 0 Å². The summed E-state index contributed by atoms with van der Waals surface area (Å²) in [6, 6.07) is 10.2. The average Bonchev–Trinajstić information content (AvgIpc) is 2.68. The third-order valence-corrected chi connectivity index (χ3v) is 2.12. The zero-order valence-corrected chi connectivity index (χ0v) is 7.83. The Morgan fingerprint density at radius 2 is 1.93 bits per heavy atom. The Kier molecular flexibility index (Phi) is 2.61. The van der Waals surface area contributed by atoms with Crippen LogP contribution in [-0.2, 0) is 0 Å². The molecule has 2 rings (SSSR count). The Balaban J connectivity index is 2.30. The van der Waals surface area contributed by atoms with Crippen LogP contribution < -0.4 is 11.3 Å². The summed E-state index contributed by atoms with van der Waals surface area (Å²) >= 11 is 0. The number of hydrazine groups is 1. The molecule has 1 aromatic rings. The number of hydrogen-bond donors (Lipinski definition) is 2. The molecule has 0 spiro atoms. The van der Waals surface area contributed by atoms with Crippen LogP contribution in [0.15, 0.2) is 53.8 Å². The molecule has 0 unspecified atom stereocenters. The smallest absolute Gasteiger partial charge is 0.0422 e. The number of benzene rings is 1. The lowest BCUT2D eigenvalue weighted by molar-refractivity contribution is 0.808. The van der Waals surface area contributed by atoms with Crippen molar-refractivity contribution in [3.63, 3.8) is 0 Å². The molecule has 1 aliphatic rings. The van der Waals surface area contributed by atoms with E-state index in [-0.39, 0.29) is 0 Å². The standard InChI is InChI=1S/C12H12N2/c13-14-9-10-6-7-12(8-10)11-4-2-1-3-5-11/h1-7,14H,9,13H2. The summed E-state index contributed by atoms with van der Waals surface area (Å²) in [5, 5.41) is 0. The minimum atomic E-state index is 0.660. The highest BCUT2D eigenvalue weighted by molar-refractivity contribution is 5.77. The molecule has 1 aliphatic carbocycles. The second kappa shape index (κ2) is 4.07. The van der Waals surface area contributed by atoms with E-state index >= 15 is 0 Å². The zero-order valence-electron chi connectivity index (χ0n) is 7.83. The van der Waals surface area contributed by atoms with Gasteiger partial charge in [0, 0.05) is 17.7 Å². The summed E-state index contributed by atoms with van der Waals surface area (Å²) in [7, 11) is 0. The number of allylic oxidation sites excluding steroid dienone is 1. The van der Waals surface area contributed by atoms with Crippen LogP contribution in [0.2, 0.25) is 0 Å². The van der Waals surface area contributed by atoms with Crippen molar-refractivity contribution >= 4 is 5.57 Å². The van der Waals surface area contributed by atoms with Crippen molar-refractivity contribution in [3.05, 3.63) is 59.4 Å². The summed E-state index contributed by atoms with van der Waals surface area (Å²) < 4.78 is 0. The van der Waals surface area contributed by atoms with Crippen LogP contribution >= 0.6 is 0 Å². The van der Waals surface area contributed by atoms with E-state index in [9.17, 15) is 0 Å². The van der Waals surface area contributed by atoms with E-state index in [1.54, 1.807) is 0 Å². The minimum absolute atomic E-state index is 0.660. The predicted octanol–water partition coefficient (Wildman–Crippen LogP) is 1.63. The van der Waals surface area contributed by atoms with Gasteiger partial charge in [-0.3, -0.25) is 11.3 Å². The Morgan fingerprint density at radius 3 is 2.64 bits per heavy atom. The van der Waals surface area contributed by atoms with Crippen LogP contribution in [-0.4, -0.2) is 6.54 Å². The van der Waals surface area contributed by atoms with Crippen LogP contribution in [0.25, 0.3) is 5.57 Å². The lowest BCUT2D eigenvalue weighted by Crippen LogP contribution is -2.23. The fraction of sp³-hybridized carbons (Fsp3) is 0.0833. The van der Waals surface area contributed by atoms with Crippen molar-refractivity contribution in [2.45, 2.75) is 0 Å². The predicted molar refractivity (Wildman–Crippen MR) is 58.2 cm³/mol. The van der Waals surface area contributed by atoms with Gasteiger partial charge in [-0.15, -0.1) is 5.73 Å². The molecule has 0 amide bonds. The molecule has 0 aliphatic heterocycles. The molecule has 2 heteroatoms. The highest BCUT2D eigenvalue weighted by Crippen LogP contribution is 2.19. The molecule has 3 N–H and O–H groups in total. The first kappa shape index (κ1) is 8.97.